The van der Waals surface area contributed by atoms with Gasteiger partial charge in [0.15, 0.2) is 11.8 Å². The van der Waals surface area contributed by atoms with Crippen molar-refractivity contribution in [1.82, 2.24) is 10.8 Å². The fourth-order valence-electron chi connectivity index (χ4n) is 2.00. The number of amidine groups is 1. The summed E-state index contributed by atoms with van der Waals surface area (Å²) in [4.78, 5) is 6.46. The monoisotopic (exact) mass is 324 g/mol. The van der Waals surface area contributed by atoms with Crippen molar-refractivity contribution in [3.05, 3.63) is 10.4 Å². The molecule has 1 rings (SSSR count). The van der Waals surface area contributed by atoms with Crippen LogP contribution in [-0.2, 0) is 4.74 Å². The molecule has 0 spiro atoms. The van der Waals surface area contributed by atoms with Gasteiger partial charge in [-0.3, -0.25) is 10.6 Å². The number of ether oxygens (including phenoxy) is 1. The van der Waals surface area contributed by atoms with Crippen molar-refractivity contribution in [3.63, 3.8) is 0 Å². The molecule has 0 aromatic heterocycles. The zero-order valence-electron chi connectivity index (χ0n) is 12.1. The molecule has 0 unspecified atom stereocenters. The summed E-state index contributed by atoms with van der Waals surface area (Å²) in [6, 6.07) is 0. The van der Waals surface area contributed by atoms with Crippen molar-refractivity contribution in [2.45, 2.75) is 30.4 Å². The van der Waals surface area contributed by atoms with Crippen LogP contribution in [0.1, 0.15) is 6.92 Å². The van der Waals surface area contributed by atoms with Gasteiger partial charge in [-0.05, 0) is 12.5 Å². The average molecular weight is 324 g/mol. The number of hydrogen-bond acceptors (Lipinski definition) is 8. The Morgan fingerprint density at radius 3 is 2.74 bits per heavy atom. The fourth-order valence-corrected chi connectivity index (χ4v) is 2.00. The zero-order chi connectivity index (χ0) is 17.7. The second-order valence-corrected chi connectivity index (χ2v) is 4.75. The highest BCUT2D eigenvalue weighted by molar-refractivity contribution is 6.30. The molecular formula is C11H16N8O4. The molecule has 0 aliphatic carbocycles. The minimum absolute atomic E-state index is 0.416. The fraction of sp³-hybridized carbons (Fsp3) is 0.545. The van der Waals surface area contributed by atoms with Crippen LogP contribution in [0.2, 0.25) is 0 Å². The maximum atomic E-state index is 10.3. The van der Waals surface area contributed by atoms with Gasteiger partial charge in [-0.15, -0.1) is 6.42 Å². The molecule has 1 aliphatic rings. The van der Waals surface area contributed by atoms with Crippen LogP contribution < -0.4 is 10.8 Å². The number of hydroxylamine groups is 1. The second-order valence-electron chi connectivity index (χ2n) is 4.75. The third kappa shape index (κ3) is 3.24. The summed E-state index contributed by atoms with van der Waals surface area (Å²) in [5, 5.41) is 48.6. The van der Waals surface area contributed by atoms with Crippen molar-refractivity contribution in [3.8, 4) is 12.3 Å². The van der Waals surface area contributed by atoms with E-state index >= 15 is 0 Å². The van der Waals surface area contributed by atoms with Gasteiger partial charge < -0.3 is 25.7 Å². The number of aliphatic hydroxyl groups excluding tert-OH is 2. The first-order valence-electron chi connectivity index (χ1n) is 6.18. The minimum atomic E-state index is -1.85. The Balaban J connectivity index is 3.31. The number of hydrogen-bond donors (Lipinski definition) is 7. The molecule has 7 N–H and O–H groups in total. The molecule has 0 aromatic carbocycles. The van der Waals surface area contributed by atoms with Crippen molar-refractivity contribution >= 4 is 18.0 Å². The molecule has 12 nitrogen and oxygen atoms in total. The van der Waals surface area contributed by atoms with Crippen molar-refractivity contribution in [1.29, 1.82) is 10.8 Å². The number of azide groups is 1. The molecule has 0 amide bonds. The summed E-state index contributed by atoms with van der Waals surface area (Å²) in [6.45, 7) is 0.538. The van der Waals surface area contributed by atoms with Gasteiger partial charge in [0, 0.05) is 4.91 Å². The standard InChI is InChI=1S/C11H16N8O4/c1-3-11(5-20)7(21)10(2,18-19-14)8(23-11)16-9(17-22)15-6(13)4-12/h1,4,7-8,12,20-22H,5H2,2H3,(H3,13,15,16,17)/t7-,8+,10+,11+/m0/s1. The molecule has 23 heavy (non-hydrogen) atoms. The molecule has 12 heteroatoms. The van der Waals surface area contributed by atoms with E-state index in [1.807, 2.05) is 0 Å². The van der Waals surface area contributed by atoms with Gasteiger partial charge in [0.2, 0.25) is 5.96 Å². The molecule has 0 bridgehead atoms. The quantitative estimate of drug-likeness (QED) is 0.0635. The summed E-state index contributed by atoms with van der Waals surface area (Å²) < 4.78 is 5.37. The number of terminal acetylenes is 1. The number of nitrogens with one attached hydrogen (secondary N) is 4. The highest BCUT2D eigenvalue weighted by Gasteiger charge is 2.61. The van der Waals surface area contributed by atoms with Gasteiger partial charge in [-0.2, -0.15) is 0 Å². The Morgan fingerprint density at radius 1 is 1.65 bits per heavy atom. The molecule has 1 fully saturated rings. The first kappa shape index (κ1) is 18.4. The van der Waals surface area contributed by atoms with Crippen LogP contribution in [-0.4, -0.2) is 63.5 Å². The molecular weight excluding hydrogens is 308 g/mol. The van der Waals surface area contributed by atoms with E-state index in [1.54, 1.807) is 5.48 Å². The SMILES string of the molecule is C#C[C@]1(CO)O[C@@H](N=C(NO)NC(=N)C=N)[C@](C)(N=[N+]=[N-])[C@@H]1O. The third-order valence-electron chi connectivity index (χ3n) is 3.31. The van der Waals surface area contributed by atoms with Crippen molar-refractivity contribution < 1.29 is 20.2 Å². The maximum absolute atomic E-state index is 10.3. The Hall–Kier alpha value is -2.68. The molecule has 1 saturated heterocycles. The van der Waals surface area contributed by atoms with Crippen LogP contribution in [0.5, 0.6) is 0 Å². The van der Waals surface area contributed by atoms with Crippen LogP contribution in [0.15, 0.2) is 10.1 Å². The van der Waals surface area contributed by atoms with Gasteiger partial charge in [-0.1, -0.05) is 11.0 Å². The molecule has 0 radical (unpaired) electrons. The number of aliphatic imine (C=N–C) groups is 1. The Morgan fingerprint density at radius 2 is 2.30 bits per heavy atom. The molecule has 1 heterocycles. The lowest BCUT2D eigenvalue weighted by Crippen LogP contribution is -2.50. The summed E-state index contributed by atoms with van der Waals surface area (Å²) >= 11 is 0. The number of guanidine groups is 1. The summed E-state index contributed by atoms with van der Waals surface area (Å²) in [7, 11) is 0. The van der Waals surface area contributed by atoms with Crippen LogP contribution in [0.4, 0.5) is 0 Å². The highest BCUT2D eigenvalue weighted by Crippen LogP contribution is 2.41. The van der Waals surface area contributed by atoms with Crippen LogP contribution >= 0.6 is 0 Å². The minimum Gasteiger partial charge on any atom is -0.392 e. The maximum Gasteiger partial charge on any atom is 0.223 e. The second kappa shape index (κ2) is 7.05. The first-order chi connectivity index (χ1) is 10.8. The van der Waals surface area contributed by atoms with Gasteiger partial charge in [0.05, 0.1) is 12.8 Å². The van der Waals surface area contributed by atoms with E-state index < -0.39 is 41.9 Å². The van der Waals surface area contributed by atoms with E-state index in [-0.39, 0.29) is 0 Å². The van der Waals surface area contributed by atoms with Crippen LogP contribution in [0, 0.1) is 23.2 Å². The molecule has 1 aliphatic heterocycles. The van der Waals surface area contributed by atoms with E-state index in [0.717, 1.165) is 0 Å². The number of nitrogens with zero attached hydrogens (tertiary/aromatic N) is 4. The lowest BCUT2D eigenvalue weighted by molar-refractivity contribution is -0.0693. The molecule has 0 aromatic rings. The summed E-state index contributed by atoms with van der Waals surface area (Å²) in [5.74, 6) is 1.27. The lowest BCUT2D eigenvalue weighted by Gasteiger charge is -2.27. The normalized spacial score (nSPS) is 33.3. The van der Waals surface area contributed by atoms with E-state index in [9.17, 15) is 10.2 Å². The smallest absolute Gasteiger partial charge is 0.223 e. The summed E-state index contributed by atoms with van der Waals surface area (Å²) in [6.07, 6.45) is 2.96. The highest BCUT2D eigenvalue weighted by atomic mass is 16.6. The topological polar surface area (TPSA) is 203 Å². The van der Waals surface area contributed by atoms with E-state index in [0.29, 0.717) is 6.21 Å². The van der Waals surface area contributed by atoms with E-state index in [2.05, 4.69) is 26.3 Å². The number of rotatable bonds is 4. The average Bonchev–Trinajstić information content (AvgIpc) is 2.76. The third-order valence-corrected chi connectivity index (χ3v) is 3.31. The number of aliphatic hydroxyl groups is 2. The van der Waals surface area contributed by atoms with Crippen LogP contribution in [0.25, 0.3) is 10.4 Å². The largest absolute Gasteiger partial charge is 0.392 e. The predicted octanol–water partition coefficient (Wildman–Crippen LogP) is -1.31. The summed E-state index contributed by atoms with van der Waals surface area (Å²) in [5.41, 5.74) is 6.79. The van der Waals surface area contributed by atoms with Crippen LogP contribution in [0.3, 0.4) is 0 Å². The predicted molar refractivity (Wildman–Crippen MR) is 79.1 cm³/mol. The molecule has 4 atom stereocenters. The lowest BCUT2D eigenvalue weighted by atomic mass is 9.86. The molecule has 0 saturated carbocycles. The van der Waals surface area contributed by atoms with E-state index in [4.69, 9.17) is 32.7 Å². The van der Waals surface area contributed by atoms with Crippen molar-refractivity contribution in [2.24, 2.45) is 10.1 Å². The first-order valence-corrected chi connectivity index (χ1v) is 6.18. The van der Waals surface area contributed by atoms with Gasteiger partial charge in [-0.25, -0.2) is 10.5 Å². The Bertz CT molecular complexity index is 610. The van der Waals surface area contributed by atoms with Gasteiger partial charge in [0.1, 0.15) is 17.5 Å². The molecule has 124 valence electrons. The zero-order valence-corrected chi connectivity index (χ0v) is 12.1. The Labute approximate surface area is 130 Å². The van der Waals surface area contributed by atoms with Crippen molar-refractivity contribution in [2.75, 3.05) is 6.61 Å². The van der Waals surface area contributed by atoms with Gasteiger partial charge >= 0.3 is 0 Å². The van der Waals surface area contributed by atoms with E-state index in [1.165, 1.54) is 6.92 Å². The van der Waals surface area contributed by atoms with Gasteiger partial charge in [0.25, 0.3) is 0 Å². The Kier molecular flexibility index (Phi) is 5.63.